The molecular formula is C28H24N4O4S. The van der Waals surface area contributed by atoms with Crippen LogP contribution in [0.3, 0.4) is 0 Å². The number of ether oxygens (including phenoxy) is 3. The molecule has 0 unspecified atom stereocenters. The first-order chi connectivity index (χ1) is 18.1. The molecule has 0 spiro atoms. The number of hydrogen-bond acceptors (Lipinski definition) is 7. The van der Waals surface area contributed by atoms with Crippen LogP contribution in [0.15, 0.2) is 94.5 Å². The number of rotatable bonds is 9. The van der Waals surface area contributed by atoms with E-state index in [2.05, 4.69) is 10.1 Å². The summed E-state index contributed by atoms with van der Waals surface area (Å²) < 4.78 is 17.2. The van der Waals surface area contributed by atoms with Gasteiger partial charge >= 0.3 is 0 Å². The molecule has 3 aromatic rings. The molecule has 37 heavy (non-hydrogen) atoms. The minimum Gasteiger partial charge on any atom is -0.490 e. The van der Waals surface area contributed by atoms with Crippen molar-refractivity contribution < 1.29 is 19.0 Å². The fourth-order valence-electron chi connectivity index (χ4n) is 3.61. The Labute approximate surface area is 218 Å². The van der Waals surface area contributed by atoms with Gasteiger partial charge in [-0.3, -0.25) is 10.2 Å². The van der Waals surface area contributed by atoms with Gasteiger partial charge in [0.05, 0.1) is 5.57 Å². The summed E-state index contributed by atoms with van der Waals surface area (Å²) in [6, 6.07) is 24.5. The molecule has 2 aliphatic heterocycles. The van der Waals surface area contributed by atoms with E-state index in [4.69, 9.17) is 19.6 Å². The molecule has 1 amide bonds. The summed E-state index contributed by atoms with van der Waals surface area (Å²) in [4.78, 5) is 16.8. The van der Waals surface area contributed by atoms with Crippen LogP contribution in [0, 0.1) is 12.3 Å². The van der Waals surface area contributed by atoms with Gasteiger partial charge < -0.3 is 14.2 Å². The van der Waals surface area contributed by atoms with Gasteiger partial charge in [-0.15, -0.1) is 0 Å². The van der Waals surface area contributed by atoms with Gasteiger partial charge in [-0.2, -0.15) is 15.1 Å². The zero-order valence-electron chi connectivity index (χ0n) is 20.1. The van der Waals surface area contributed by atoms with E-state index in [9.17, 15) is 4.79 Å². The maximum absolute atomic E-state index is 12.7. The van der Waals surface area contributed by atoms with Crippen molar-refractivity contribution >= 4 is 39.8 Å². The standard InChI is InChI=1S/C28H24N4O4S/c1-19-7-5-6-10-24(19)35-16-15-34-22-13-11-20(12-14-22)17-23-26(29)32-28(30-27(23)33)37-25(31-32)18-36-21-8-3-2-4-9-21/h2-14,17,29H,15-16,18H2,1H3/b23-17-,29-26?. The van der Waals surface area contributed by atoms with Crippen molar-refractivity contribution in [1.82, 2.24) is 5.01 Å². The molecule has 5 rings (SSSR count). The van der Waals surface area contributed by atoms with Gasteiger partial charge in [0.25, 0.3) is 5.91 Å². The highest BCUT2D eigenvalue weighted by Crippen LogP contribution is 2.29. The smallest absolute Gasteiger partial charge is 0.283 e. The average Bonchev–Trinajstić information content (AvgIpc) is 3.33. The quantitative estimate of drug-likeness (QED) is 0.315. The zero-order chi connectivity index (χ0) is 25.6. The van der Waals surface area contributed by atoms with Crippen LogP contribution in [0.25, 0.3) is 6.08 Å². The normalized spacial score (nSPS) is 15.8. The molecule has 0 aliphatic carbocycles. The number of benzene rings is 3. The van der Waals surface area contributed by atoms with E-state index in [0.717, 1.165) is 22.6 Å². The maximum atomic E-state index is 12.7. The van der Waals surface area contributed by atoms with Crippen LogP contribution in [0.1, 0.15) is 11.1 Å². The largest absolute Gasteiger partial charge is 0.490 e. The summed E-state index contributed by atoms with van der Waals surface area (Å²) in [5.41, 5.74) is 1.99. The van der Waals surface area contributed by atoms with Gasteiger partial charge in [-0.25, -0.2) is 0 Å². The summed E-state index contributed by atoms with van der Waals surface area (Å²) in [5, 5.41) is 15.3. The topological polar surface area (TPSA) is 96.6 Å². The summed E-state index contributed by atoms with van der Waals surface area (Å²) in [6.07, 6.45) is 1.63. The molecule has 2 aliphatic rings. The molecule has 8 nitrogen and oxygen atoms in total. The Balaban J connectivity index is 1.18. The van der Waals surface area contributed by atoms with E-state index in [1.807, 2.05) is 85.8 Å². The van der Waals surface area contributed by atoms with Gasteiger partial charge in [0.2, 0.25) is 5.17 Å². The molecule has 0 saturated carbocycles. The zero-order valence-corrected chi connectivity index (χ0v) is 20.9. The minimum atomic E-state index is -0.474. The van der Waals surface area contributed by atoms with Crippen LogP contribution in [0.2, 0.25) is 0 Å². The number of amidine groups is 2. The first-order valence-electron chi connectivity index (χ1n) is 11.6. The summed E-state index contributed by atoms with van der Waals surface area (Å²) >= 11 is 1.23. The Bertz CT molecular complexity index is 1400. The highest BCUT2D eigenvalue weighted by atomic mass is 32.2. The second-order valence-electron chi connectivity index (χ2n) is 8.15. The van der Waals surface area contributed by atoms with E-state index in [-0.39, 0.29) is 18.0 Å². The molecule has 0 bridgehead atoms. The molecule has 1 N–H and O–H groups in total. The molecule has 2 heterocycles. The van der Waals surface area contributed by atoms with Gasteiger partial charge in [-0.05, 0) is 66.2 Å². The lowest BCUT2D eigenvalue weighted by molar-refractivity contribution is -0.114. The molecule has 0 fully saturated rings. The molecule has 0 atom stereocenters. The lowest BCUT2D eigenvalue weighted by Crippen LogP contribution is -2.35. The Morgan fingerprint density at radius 1 is 0.892 bits per heavy atom. The van der Waals surface area contributed by atoms with Crippen molar-refractivity contribution in [2.24, 2.45) is 10.1 Å². The molecule has 0 aromatic heterocycles. The molecular weight excluding hydrogens is 488 g/mol. The third-order valence-electron chi connectivity index (χ3n) is 5.50. The van der Waals surface area contributed by atoms with E-state index >= 15 is 0 Å². The highest BCUT2D eigenvalue weighted by molar-refractivity contribution is 8.27. The second kappa shape index (κ2) is 11.1. The van der Waals surface area contributed by atoms with E-state index in [0.29, 0.717) is 29.2 Å². The maximum Gasteiger partial charge on any atom is 0.283 e. The fraction of sp³-hybridized carbons (Fsp3) is 0.143. The number of carbonyl (C=O) groups is 1. The van der Waals surface area contributed by atoms with E-state index in [1.54, 1.807) is 6.08 Å². The lowest BCUT2D eigenvalue weighted by Gasteiger charge is -2.20. The van der Waals surface area contributed by atoms with E-state index < -0.39 is 5.91 Å². The van der Waals surface area contributed by atoms with Crippen LogP contribution in [0.4, 0.5) is 0 Å². The summed E-state index contributed by atoms with van der Waals surface area (Å²) in [7, 11) is 0. The Morgan fingerprint density at radius 3 is 2.38 bits per heavy atom. The first-order valence-corrected chi connectivity index (χ1v) is 12.5. The monoisotopic (exact) mass is 512 g/mol. The molecule has 186 valence electrons. The average molecular weight is 513 g/mol. The van der Waals surface area contributed by atoms with Crippen LogP contribution >= 0.6 is 11.8 Å². The lowest BCUT2D eigenvalue weighted by atomic mass is 10.1. The number of aryl methyl sites for hydroxylation is 1. The summed E-state index contributed by atoms with van der Waals surface area (Å²) in [6.45, 7) is 3.05. The van der Waals surface area contributed by atoms with Crippen molar-refractivity contribution in [3.63, 3.8) is 0 Å². The Hall–Kier alpha value is -4.37. The van der Waals surface area contributed by atoms with Crippen molar-refractivity contribution in [2.75, 3.05) is 19.8 Å². The SMILES string of the molecule is Cc1ccccc1OCCOc1ccc(/C=C2/C(=N)N3N=C(COc4ccccc4)SC3=NC2=O)cc1. The molecule has 9 heteroatoms. The van der Waals surface area contributed by atoms with Crippen LogP contribution in [-0.4, -0.2) is 46.8 Å². The first kappa shape index (κ1) is 24.3. The van der Waals surface area contributed by atoms with Gasteiger partial charge in [0.15, 0.2) is 5.84 Å². The van der Waals surface area contributed by atoms with Gasteiger partial charge in [0.1, 0.15) is 42.1 Å². The molecule has 0 radical (unpaired) electrons. The number of thioether (sulfide) groups is 1. The third-order valence-corrected chi connectivity index (χ3v) is 6.38. The Morgan fingerprint density at radius 2 is 1.59 bits per heavy atom. The minimum absolute atomic E-state index is 0.0223. The fourth-order valence-corrected chi connectivity index (χ4v) is 4.41. The number of nitrogens with zero attached hydrogens (tertiary/aromatic N) is 3. The van der Waals surface area contributed by atoms with Crippen molar-refractivity contribution in [3.8, 4) is 17.2 Å². The number of fused-ring (bicyclic) bond motifs is 1. The second-order valence-corrected chi connectivity index (χ2v) is 9.19. The van der Waals surface area contributed by atoms with Crippen molar-refractivity contribution in [3.05, 3.63) is 95.6 Å². The summed E-state index contributed by atoms with van der Waals surface area (Å²) in [5.74, 6) is 1.75. The number of aliphatic imine (C=N–C) groups is 1. The van der Waals surface area contributed by atoms with Crippen LogP contribution in [0.5, 0.6) is 17.2 Å². The van der Waals surface area contributed by atoms with Crippen LogP contribution < -0.4 is 14.2 Å². The highest BCUT2D eigenvalue weighted by Gasteiger charge is 2.35. The molecule has 3 aromatic carbocycles. The number of amides is 1. The predicted octanol–water partition coefficient (Wildman–Crippen LogP) is 5.15. The number of nitrogens with one attached hydrogen (secondary N) is 1. The van der Waals surface area contributed by atoms with Crippen molar-refractivity contribution in [2.45, 2.75) is 6.92 Å². The van der Waals surface area contributed by atoms with E-state index in [1.165, 1.54) is 16.8 Å². The van der Waals surface area contributed by atoms with Gasteiger partial charge in [0, 0.05) is 0 Å². The number of hydrogen-bond donors (Lipinski definition) is 1. The number of carbonyl (C=O) groups excluding carboxylic acids is 1. The number of hydrazone groups is 1. The third kappa shape index (κ3) is 5.90. The Kier molecular flexibility index (Phi) is 7.32. The van der Waals surface area contributed by atoms with Gasteiger partial charge in [-0.1, -0.05) is 48.5 Å². The van der Waals surface area contributed by atoms with Crippen LogP contribution in [-0.2, 0) is 4.79 Å². The number of para-hydroxylation sites is 2. The predicted molar refractivity (Wildman–Crippen MR) is 146 cm³/mol. The molecule has 0 saturated heterocycles. The van der Waals surface area contributed by atoms with Crippen molar-refractivity contribution in [1.29, 1.82) is 5.41 Å².